The minimum atomic E-state index is -0.930. The maximum Gasteiger partial charge on any atom is 0.419 e. The van der Waals surface area contributed by atoms with E-state index in [0.29, 0.717) is 16.8 Å². The number of para-hydroxylation sites is 3. The number of anilines is 1. The SMILES string of the molecule is CC(OC(=O)CCn1c(=O)oc2ccccc21)C(=O)N(C)c1ccccc1. The summed E-state index contributed by atoms with van der Waals surface area (Å²) in [6.07, 6.45) is -0.976. The van der Waals surface area contributed by atoms with Crippen LogP contribution in [0.3, 0.4) is 0 Å². The van der Waals surface area contributed by atoms with Gasteiger partial charge >= 0.3 is 11.7 Å². The van der Waals surface area contributed by atoms with Gasteiger partial charge in [-0.05, 0) is 31.2 Å². The van der Waals surface area contributed by atoms with Gasteiger partial charge < -0.3 is 14.1 Å². The number of hydrogen-bond donors (Lipinski definition) is 0. The molecule has 2 aromatic carbocycles. The fourth-order valence-electron chi connectivity index (χ4n) is 2.79. The molecule has 140 valence electrons. The molecule has 0 spiro atoms. The Morgan fingerprint density at radius 1 is 1.11 bits per heavy atom. The van der Waals surface area contributed by atoms with Crippen LogP contribution in [0.15, 0.2) is 63.8 Å². The second kappa shape index (κ2) is 7.90. The first-order chi connectivity index (χ1) is 13.0. The Balaban J connectivity index is 1.59. The predicted molar refractivity (Wildman–Crippen MR) is 100 cm³/mol. The number of carbonyl (C=O) groups excluding carboxylic acids is 2. The maximum absolute atomic E-state index is 12.4. The van der Waals surface area contributed by atoms with E-state index in [0.717, 1.165) is 0 Å². The van der Waals surface area contributed by atoms with Gasteiger partial charge in [-0.3, -0.25) is 14.2 Å². The summed E-state index contributed by atoms with van der Waals surface area (Å²) in [5.74, 6) is -1.42. The number of fused-ring (bicyclic) bond motifs is 1. The quantitative estimate of drug-likeness (QED) is 0.625. The molecule has 1 atom stereocenters. The predicted octanol–water partition coefficient (Wildman–Crippen LogP) is 2.58. The Morgan fingerprint density at radius 3 is 2.52 bits per heavy atom. The average molecular weight is 368 g/mol. The first-order valence-electron chi connectivity index (χ1n) is 8.58. The molecular formula is C20H20N2O5. The van der Waals surface area contributed by atoms with E-state index in [2.05, 4.69) is 0 Å². The normalized spacial score (nSPS) is 11.9. The molecule has 0 aliphatic heterocycles. The zero-order valence-electron chi connectivity index (χ0n) is 15.1. The highest BCUT2D eigenvalue weighted by atomic mass is 16.5. The lowest BCUT2D eigenvalue weighted by molar-refractivity contribution is -0.154. The molecule has 1 amide bonds. The van der Waals surface area contributed by atoms with Crippen LogP contribution in [0.5, 0.6) is 0 Å². The third kappa shape index (κ3) is 4.08. The topological polar surface area (TPSA) is 81.7 Å². The zero-order valence-corrected chi connectivity index (χ0v) is 15.1. The van der Waals surface area contributed by atoms with E-state index in [9.17, 15) is 14.4 Å². The van der Waals surface area contributed by atoms with Crippen LogP contribution in [0.2, 0.25) is 0 Å². The lowest BCUT2D eigenvalue weighted by Gasteiger charge is -2.21. The van der Waals surface area contributed by atoms with Crippen LogP contribution in [0, 0.1) is 0 Å². The molecule has 3 aromatic rings. The summed E-state index contributed by atoms with van der Waals surface area (Å²) in [5.41, 5.74) is 1.79. The number of oxazole rings is 1. The minimum Gasteiger partial charge on any atom is -0.452 e. The Morgan fingerprint density at radius 2 is 1.78 bits per heavy atom. The summed E-state index contributed by atoms with van der Waals surface area (Å²) in [6.45, 7) is 1.64. The van der Waals surface area contributed by atoms with Gasteiger partial charge in [-0.25, -0.2) is 4.79 Å². The molecule has 3 rings (SSSR count). The summed E-state index contributed by atoms with van der Waals surface area (Å²) < 4.78 is 11.7. The Kier molecular flexibility index (Phi) is 5.40. The number of carbonyl (C=O) groups is 2. The van der Waals surface area contributed by atoms with Crippen molar-refractivity contribution in [2.45, 2.75) is 26.0 Å². The van der Waals surface area contributed by atoms with Gasteiger partial charge in [0.15, 0.2) is 11.7 Å². The number of aromatic nitrogens is 1. The van der Waals surface area contributed by atoms with Gasteiger partial charge in [0.05, 0.1) is 11.9 Å². The van der Waals surface area contributed by atoms with Crippen molar-refractivity contribution < 1.29 is 18.7 Å². The highest BCUT2D eigenvalue weighted by Gasteiger charge is 2.22. The molecule has 7 heteroatoms. The lowest BCUT2D eigenvalue weighted by Crippen LogP contribution is -2.37. The number of hydrogen-bond acceptors (Lipinski definition) is 5. The summed E-state index contributed by atoms with van der Waals surface area (Å²) >= 11 is 0. The number of benzene rings is 2. The van der Waals surface area contributed by atoms with Crippen LogP contribution in [0.4, 0.5) is 5.69 Å². The number of likely N-dealkylation sites (N-methyl/N-ethyl adjacent to an activating group) is 1. The fraction of sp³-hybridized carbons (Fsp3) is 0.250. The molecule has 0 aliphatic rings. The van der Waals surface area contributed by atoms with E-state index in [1.807, 2.05) is 18.2 Å². The molecule has 27 heavy (non-hydrogen) atoms. The number of rotatable bonds is 6. The van der Waals surface area contributed by atoms with Crippen molar-refractivity contribution in [1.82, 2.24) is 4.57 Å². The number of ether oxygens (including phenoxy) is 1. The van der Waals surface area contributed by atoms with Gasteiger partial charge in [0.2, 0.25) is 0 Å². The first-order valence-corrected chi connectivity index (χ1v) is 8.58. The van der Waals surface area contributed by atoms with Gasteiger partial charge in [0.1, 0.15) is 0 Å². The van der Waals surface area contributed by atoms with Crippen LogP contribution in [-0.4, -0.2) is 29.6 Å². The van der Waals surface area contributed by atoms with Gasteiger partial charge in [0.25, 0.3) is 5.91 Å². The first kappa shape index (κ1) is 18.4. The maximum atomic E-state index is 12.4. The van der Waals surface area contributed by atoms with Gasteiger partial charge in [-0.2, -0.15) is 0 Å². The molecule has 0 aliphatic carbocycles. The second-order valence-corrected chi connectivity index (χ2v) is 6.10. The van der Waals surface area contributed by atoms with Crippen LogP contribution in [-0.2, 0) is 20.9 Å². The number of aryl methyl sites for hydroxylation is 1. The largest absolute Gasteiger partial charge is 0.452 e. The third-order valence-corrected chi connectivity index (χ3v) is 4.24. The molecule has 0 bridgehead atoms. The van der Waals surface area contributed by atoms with Crippen molar-refractivity contribution in [2.24, 2.45) is 0 Å². The highest BCUT2D eigenvalue weighted by Crippen LogP contribution is 2.14. The molecule has 0 saturated carbocycles. The summed E-state index contributed by atoms with van der Waals surface area (Å²) in [6, 6.07) is 16.1. The molecular weight excluding hydrogens is 348 g/mol. The summed E-state index contributed by atoms with van der Waals surface area (Å²) in [7, 11) is 1.62. The van der Waals surface area contributed by atoms with E-state index in [4.69, 9.17) is 9.15 Å². The standard InChI is InChI=1S/C20H20N2O5/c1-14(19(24)21(2)15-8-4-3-5-9-15)26-18(23)12-13-22-16-10-6-7-11-17(16)27-20(22)25/h3-11,14H,12-13H2,1-2H3. The molecule has 1 aromatic heterocycles. The van der Waals surface area contributed by atoms with Crippen molar-refractivity contribution >= 4 is 28.7 Å². The highest BCUT2D eigenvalue weighted by molar-refractivity contribution is 5.96. The number of esters is 1. The van der Waals surface area contributed by atoms with Gasteiger partial charge in [-0.1, -0.05) is 30.3 Å². The molecule has 1 unspecified atom stereocenters. The van der Waals surface area contributed by atoms with Crippen LogP contribution in [0.1, 0.15) is 13.3 Å². The van der Waals surface area contributed by atoms with Crippen LogP contribution < -0.4 is 10.7 Å². The van der Waals surface area contributed by atoms with Crippen molar-refractivity contribution in [3.8, 4) is 0 Å². The molecule has 7 nitrogen and oxygen atoms in total. The Labute approximate surface area is 155 Å². The van der Waals surface area contributed by atoms with E-state index >= 15 is 0 Å². The summed E-state index contributed by atoms with van der Waals surface area (Å²) in [4.78, 5) is 37.9. The molecule has 1 heterocycles. The van der Waals surface area contributed by atoms with Crippen molar-refractivity contribution in [1.29, 1.82) is 0 Å². The third-order valence-electron chi connectivity index (χ3n) is 4.24. The molecule has 0 radical (unpaired) electrons. The van der Waals surface area contributed by atoms with Gasteiger partial charge in [0, 0.05) is 19.3 Å². The monoisotopic (exact) mass is 368 g/mol. The zero-order chi connectivity index (χ0) is 19.4. The van der Waals surface area contributed by atoms with Crippen molar-refractivity contribution in [3.05, 3.63) is 65.1 Å². The number of amides is 1. The fourth-order valence-corrected chi connectivity index (χ4v) is 2.79. The second-order valence-electron chi connectivity index (χ2n) is 6.10. The Hall–Kier alpha value is -3.35. The van der Waals surface area contributed by atoms with E-state index in [1.54, 1.807) is 43.4 Å². The van der Waals surface area contributed by atoms with Crippen LogP contribution in [0.25, 0.3) is 11.1 Å². The van der Waals surface area contributed by atoms with E-state index in [-0.39, 0.29) is 18.9 Å². The van der Waals surface area contributed by atoms with Crippen molar-refractivity contribution in [3.63, 3.8) is 0 Å². The minimum absolute atomic E-state index is 0.0455. The Bertz CT molecular complexity index is 1010. The molecule has 0 N–H and O–H groups in total. The van der Waals surface area contributed by atoms with Crippen molar-refractivity contribution in [2.75, 3.05) is 11.9 Å². The summed E-state index contributed by atoms with van der Waals surface area (Å²) in [5, 5.41) is 0. The molecule has 0 fully saturated rings. The van der Waals surface area contributed by atoms with Gasteiger partial charge in [-0.15, -0.1) is 0 Å². The smallest absolute Gasteiger partial charge is 0.419 e. The number of nitrogens with zero attached hydrogens (tertiary/aromatic N) is 2. The van der Waals surface area contributed by atoms with E-state index < -0.39 is 17.8 Å². The van der Waals surface area contributed by atoms with Crippen LogP contribution >= 0.6 is 0 Å². The van der Waals surface area contributed by atoms with E-state index in [1.165, 1.54) is 16.4 Å². The average Bonchev–Trinajstić information content (AvgIpc) is 3.00. The lowest BCUT2D eigenvalue weighted by atomic mass is 10.2. The molecule has 0 saturated heterocycles.